The highest BCUT2D eigenvalue weighted by Gasteiger charge is 2.31. The van der Waals surface area contributed by atoms with Gasteiger partial charge in [0.15, 0.2) is 0 Å². The molecule has 0 aromatic heterocycles. The fraction of sp³-hybridized carbons (Fsp3) is 0.200. The van der Waals surface area contributed by atoms with Gasteiger partial charge in [0, 0.05) is 5.92 Å². The predicted molar refractivity (Wildman–Crippen MR) is 64.3 cm³/mol. The number of hydrogen-bond acceptors (Lipinski definition) is 1. The van der Waals surface area contributed by atoms with Gasteiger partial charge >= 0.3 is 0 Å². The molecule has 1 aliphatic carbocycles. The molecule has 2 atom stereocenters. The standard InChI is InChI=1S/C15H14O/c16-15-13-9-5-4-8-12(13)10-14(15)11-6-2-1-3-7-11/h1-9,14-16H,10H2/t14-,15+/m0/s1. The minimum absolute atomic E-state index is 0.221. The summed E-state index contributed by atoms with van der Waals surface area (Å²) in [5.74, 6) is 0.221. The van der Waals surface area contributed by atoms with E-state index in [4.69, 9.17) is 0 Å². The van der Waals surface area contributed by atoms with Crippen LogP contribution in [0.1, 0.15) is 28.7 Å². The van der Waals surface area contributed by atoms with E-state index < -0.39 is 0 Å². The lowest BCUT2D eigenvalue weighted by Gasteiger charge is -2.15. The van der Waals surface area contributed by atoms with Crippen LogP contribution in [0.2, 0.25) is 0 Å². The second-order valence-corrected chi connectivity index (χ2v) is 4.36. The fourth-order valence-electron chi connectivity index (χ4n) is 2.57. The maximum atomic E-state index is 10.3. The van der Waals surface area contributed by atoms with Crippen LogP contribution < -0.4 is 0 Å². The monoisotopic (exact) mass is 210 g/mol. The lowest BCUT2D eigenvalue weighted by molar-refractivity contribution is 0.158. The first-order chi connectivity index (χ1) is 7.86. The van der Waals surface area contributed by atoms with Crippen LogP contribution >= 0.6 is 0 Å². The number of fused-ring (bicyclic) bond motifs is 1. The molecule has 0 saturated carbocycles. The second kappa shape index (κ2) is 3.76. The maximum absolute atomic E-state index is 10.3. The highest BCUT2D eigenvalue weighted by atomic mass is 16.3. The van der Waals surface area contributed by atoms with Gasteiger partial charge in [-0.1, -0.05) is 54.6 Å². The number of benzene rings is 2. The van der Waals surface area contributed by atoms with E-state index in [0.717, 1.165) is 12.0 Å². The Balaban J connectivity index is 1.99. The van der Waals surface area contributed by atoms with Crippen LogP contribution in [0.4, 0.5) is 0 Å². The van der Waals surface area contributed by atoms with Crippen molar-refractivity contribution >= 4 is 0 Å². The van der Waals surface area contributed by atoms with Gasteiger partial charge in [0.05, 0.1) is 6.10 Å². The molecule has 0 radical (unpaired) electrons. The normalized spacial score (nSPS) is 23.1. The summed E-state index contributed by atoms with van der Waals surface area (Å²) in [6, 6.07) is 18.5. The summed E-state index contributed by atoms with van der Waals surface area (Å²) in [7, 11) is 0. The predicted octanol–water partition coefficient (Wildman–Crippen LogP) is 3.06. The van der Waals surface area contributed by atoms with Gasteiger partial charge in [-0.3, -0.25) is 0 Å². The molecule has 0 aliphatic heterocycles. The molecule has 0 spiro atoms. The lowest BCUT2D eigenvalue weighted by Crippen LogP contribution is -2.04. The maximum Gasteiger partial charge on any atom is 0.0864 e. The third-order valence-corrected chi connectivity index (χ3v) is 3.42. The number of aliphatic hydroxyl groups is 1. The molecule has 0 bridgehead atoms. The van der Waals surface area contributed by atoms with E-state index in [2.05, 4.69) is 18.2 Å². The summed E-state index contributed by atoms with van der Waals surface area (Å²) in [6.07, 6.45) is 0.597. The van der Waals surface area contributed by atoms with Gasteiger partial charge < -0.3 is 5.11 Å². The lowest BCUT2D eigenvalue weighted by atomic mass is 9.94. The summed E-state index contributed by atoms with van der Waals surface area (Å²) in [6.45, 7) is 0. The molecule has 2 aromatic carbocycles. The third-order valence-electron chi connectivity index (χ3n) is 3.42. The zero-order chi connectivity index (χ0) is 11.0. The Morgan fingerprint density at radius 3 is 2.31 bits per heavy atom. The van der Waals surface area contributed by atoms with E-state index in [0.29, 0.717) is 0 Å². The van der Waals surface area contributed by atoms with Crippen LogP contribution in [-0.2, 0) is 6.42 Å². The van der Waals surface area contributed by atoms with Crippen molar-refractivity contribution in [2.24, 2.45) is 0 Å². The van der Waals surface area contributed by atoms with Crippen LogP contribution in [0.15, 0.2) is 54.6 Å². The number of aliphatic hydroxyl groups excluding tert-OH is 1. The van der Waals surface area contributed by atoms with Gasteiger partial charge in [-0.05, 0) is 23.1 Å². The second-order valence-electron chi connectivity index (χ2n) is 4.36. The molecule has 2 aromatic rings. The summed E-state index contributed by atoms with van der Waals surface area (Å²) in [5.41, 5.74) is 3.60. The van der Waals surface area contributed by atoms with E-state index >= 15 is 0 Å². The SMILES string of the molecule is O[C@@H]1c2ccccc2C[C@H]1c1ccccc1. The third kappa shape index (κ3) is 1.44. The quantitative estimate of drug-likeness (QED) is 0.767. The van der Waals surface area contributed by atoms with Crippen molar-refractivity contribution in [1.29, 1.82) is 0 Å². The summed E-state index contributed by atoms with van der Waals surface area (Å²) >= 11 is 0. The van der Waals surface area contributed by atoms with Gasteiger partial charge in [0.1, 0.15) is 0 Å². The summed E-state index contributed by atoms with van der Waals surface area (Å²) in [4.78, 5) is 0. The van der Waals surface area contributed by atoms with Gasteiger partial charge in [-0.15, -0.1) is 0 Å². The van der Waals surface area contributed by atoms with Crippen molar-refractivity contribution in [3.63, 3.8) is 0 Å². The molecule has 0 saturated heterocycles. The molecule has 0 amide bonds. The molecule has 1 nitrogen and oxygen atoms in total. The Labute approximate surface area is 95.4 Å². The Hall–Kier alpha value is -1.60. The smallest absolute Gasteiger partial charge is 0.0864 e. The van der Waals surface area contributed by atoms with Crippen LogP contribution in [-0.4, -0.2) is 5.11 Å². The first-order valence-electron chi connectivity index (χ1n) is 5.67. The van der Waals surface area contributed by atoms with Gasteiger partial charge in [0.2, 0.25) is 0 Å². The minimum Gasteiger partial charge on any atom is -0.388 e. The zero-order valence-electron chi connectivity index (χ0n) is 9.01. The van der Waals surface area contributed by atoms with Crippen molar-refractivity contribution in [3.05, 3.63) is 71.3 Å². The fourth-order valence-corrected chi connectivity index (χ4v) is 2.57. The van der Waals surface area contributed by atoms with Crippen molar-refractivity contribution < 1.29 is 5.11 Å². The average Bonchev–Trinajstić information content (AvgIpc) is 2.69. The van der Waals surface area contributed by atoms with Crippen LogP contribution in [0.25, 0.3) is 0 Å². The van der Waals surface area contributed by atoms with E-state index in [1.54, 1.807) is 0 Å². The molecular weight excluding hydrogens is 196 g/mol. The van der Waals surface area contributed by atoms with Crippen LogP contribution in [0.3, 0.4) is 0 Å². The Morgan fingerprint density at radius 1 is 0.875 bits per heavy atom. The topological polar surface area (TPSA) is 20.2 Å². The van der Waals surface area contributed by atoms with Crippen molar-refractivity contribution in [2.75, 3.05) is 0 Å². The molecule has 0 heterocycles. The summed E-state index contributed by atoms with van der Waals surface area (Å²) < 4.78 is 0. The van der Waals surface area contributed by atoms with E-state index in [-0.39, 0.29) is 12.0 Å². The van der Waals surface area contributed by atoms with Gasteiger partial charge in [0.25, 0.3) is 0 Å². The van der Waals surface area contributed by atoms with E-state index in [1.807, 2.05) is 36.4 Å². The van der Waals surface area contributed by atoms with E-state index in [9.17, 15) is 5.11 Å². The first kappa shape index (κ1) is 9.61. The Morgan fingerprint density at radius 2 is 1.56 bits per heavy atom. The molecule has 1 aliphatic rings. The minimum atomic E-state index is -0.349. The molecule has 1 N–H and O–H groups in total. The molecule has 3 rings (SSSR count). The van der Waals surface area contributed by atoms with Crippen LogP contribution in [0.5, 0.6) is 0 Å². The van der Waals surface area contributed by atoms with Gasteiger partial charge in [-0.25, -0.2) is 0 Å². The molecular formula is C15H14O. The molecule has 0 unspecified atom stereocenters. The first-order valence-corrected chi connectivity index (χ1v) is 5.67. The van der Waals surface area contributed by atoms with Crippen molar-refractivity contribution in [3.8, 4) is 0 Å². The Kier molecular flexibility index (Phi) is 2.26. The molecule has 80 valence electrons. The van der Waals surface area contributed by atoms with Crippen molar-refractivity contribution in [2.45, 2.75) is 18.4 Å². The number of hydrogen-bond donors (Lipinski definition) is 1. The number of rotatable bonds is 1. The van der Waals surface area contributed by atoms with E-state index in [1.165, 1.54) is 11.1 Å². The van der Waals surface area contributed by atoms with Crippen LogP contribution in [0, 0.1) is 0 Å². The highest BCUT2D eigenvalue weighted by molar-refractivity contribution is 5.39. The molecule has 1 heteroatoms. The zero-order valence-corrected chi connectivity index (χ0v) is 9.01. The molecule has 16 heavy (non-hydrogen) atoms. The average molecular weight is 210 g/mol. The Bertz CT molecular complexity index is 490. The van der Waals surface area contributed by atoms with Crippen molar-refractivity contribution in [1.82, 2.24) is 0 Å². The van der Waals surface area contributed by atoms with Gasteiger partial charge in [-0.2, -0.15) is 0 Å². The largest absolute Gasteiger partial charge is 0.388 e. The molecule has 0 fully saturated rings. The summed E-state index contributed by atoms with van der Waals surface area (Å²) in [5, 5.41) is 10.3. The highest BCUT2D eigenvalue weighted by Crippen LogP contribution is 2.41.